The number of aliphatic hydroxyl groups excluding tert-OH is 1. The Labute approximate surface area is 85.4 Å². The normalized spacial score (nSPS) is 32.5. The number of rotatable bonds is 3. The summed E-state index contributed by atoms with van der Waals surface area (Å²) >= 11 is 0. The van der Waals surface area contributed by atoms with Crippen LogP contribution in [-0.2, 0) is 24.1 Å². The number of aliphatic hydroxyl groups is 1. The average Bonchev–Trinajstić information content (AvgIpc) is 2.05. The van der Waals surface area contributed by atoms with Crippen LogP contribution < -0.4 is 5.11 Å². The van der Waals surface area contributed by atoms with Crippen molar-refractivity contribution in [3.63, 3.8) is 0 Å². The standard InChI is InChI=1S/C6H9O8S/c7-3-1-4(6(8)9)13-2-5(3)14-15(10,11)12/h1,3-5,7H,2H2,(H,8,9)(H,10,11,12)/p-2. The van der Waals surface area contributed by atoms with E-state index in [1.807, 2.05) is 0 Å². The molecule has 1 rings (SSSR count). The van der Waals surface area contributed by atoms with Crippen molar-refractivity contribution >= 4 is 16.4 Å². The molecule has 3 atom stereocenters. The summed E-state index contributed by atoms with van der Waals surface area (Å²) in [7, 11) is -4.97. The highest BCUT2D eigenvalue weighted by atomic mass is 32.3. The molecule has 3 unspecified atom stereocenters. The van der Waals surface area contributed by atoms with Gasteiger partial charge in [-0.15, -0.1) is 0 Å². The molecule has 0 aromatic heterocycles. The largest absolute Gasteiger partial charge is 0.726 e. The second kappa shape index (κ2) is 4.41. The van der Waals surface area contributed by atoms with Crippen molar-refractivity contribution < 1.29 is 36.9 Å². The molecule has 8 nitrogen and oxygen atoms in total. The maximum Gasteiger partial charge on any atom is 0.218 e. The number of ether oxygens (including phenoxy) is 1. The Morgan fingerprint density at radius 3 is 2.60 bits per heavy atom. The highest BCUT2D eigenvalue weighted by Crippen LogP contribution is 2.16. The van der Waals surface area contributed by atoms with Gasteiger partial charge in [0.2, 0.25) is 10.4 Å². The van der Waals surface area contributed by atoms with Crippen molar-refractivity contribution in [2.24, 2.45) is 0 Å². The van der Waals surface area contributed by atoms with E-state index in [2.05, 4.69) is 8.92 Å². The second-order valence-corrected chi connectivity index (χ2v) is 3.81. The van der Waals surface area contributed by atoms with Gasteiger partial charge in [-0.2, -0.15) is 0 Å². The first-order chi connectivity index (χ1) is 6.79. The number of aliphatic carboxylic acids is 1. The molecule has 9 heteroatoms. The van der Waals surface area contributed by atoms with E-state index in [4.69, 9.17) is 0 Å². The number of hydrogen-bond acceptors (Lipinski definition) is 8. The van der Waals surface area contributed by atoms with Gasteiger partial charge in [-0.25, -0.2) is 8.42 Å². The zero-order valence-electron chi connectivity index (χ0n) is 7.23. The van der Waals surface area contributed by atoms with Gasteiger partial charge in [-0.3, -0.25) is 4.18 Å². The van der Waals surface area contributed by atoms with E-state index >= 15 is 0 Å². The summed E-state index contributed by atoms with van der Waals surface area (Å²) < 4.78 is 39.0. The summed E-state index contributed by atoms with van der Waals surface area (Å²) in [6.07, 6.45) is -3.63. The quantitative estimate of drug-likeness (QED) is 0.396. The first-order valence-electron chi connectivity index (χ1n) is 3.79. The number of hydrogen-bond donors (Lipinski definition) is 1. The molecule has 1 aliphatic heterocycles. The third-order valence-corrected chi connectivity index (χ3v) is 2.15. The highest BCUT2D eigenvalue weighted by molar-refractivity contribution is 7.80. The lowest BCUT2D eigenvalue weighted by molar-refractivity contribution is -0.317. The van der Waals surface area contributed by atoms with Crippen LogP contribution in [0.1, 0.15) is 0 Å². The molecule has 15 heavy (non-hydrogen) atoms. The Bertz CT molecular complexity index is 335. The SMILES string of the molecule is O=C([O-])C1[CH]C(O)C(OS(=O)(=O)[O-])CO1. The van der Waals surface area contributed by atoms with Gasteiger partial charge in [0.15, 0.2) is 0 Å². The minimum atomic E-state index is -4.97. The van der Waals surface area contributed by atoms with Gasteiger partial charge in [0.1, 0.15) is 12.2 Å². The van der Waals surface area contributed by atoms with Crippen LogP contribution in [-0.4, -0.2) is 49.0 Å². The first kappa shape index (κ1) is 12.3. The van der Waals surface area contributed by atoms with E-state index in [0.29, 0.717) is 0 Å². The minimum Gasteiger partial charge on any atom is -0.726 e. The molecule has 1 heterocycles. The van der Waals surface area contributed by atoms with Crippen molar-refractivity contribution in [2.45, 2.75) is 18.3 Å². The van der Waals surface area contributed by atoms with E-state index < -0.39 is 41.3 Å². The van der Waals surface area contributed by atoms with Crippen LogP contribution in [0.3, 0.4) is 0 Å². The van der Waals surface area contributed by atoms with Gasteiger partial charge in [0.25, 0.3) is 0 Å². The molecule has 0 spiro atoms. The van der Waals surface area contributed by atoms with Crippen LogP contribution in [0.4, 0.5) is 0 Å². The monoisotopic (exact) mass is 239 g/mol. The van der Waals surface area contributed by atoms with E-state index in [9.17, 15) is 28.0 Å². The summed E-state index contributed by atoms with van der Waals surface area (Å²) in [5.41, 5.74) is 0. The van der Waals surface area contributed by atoms with Crippen molar-refractivity contribution in [2.75, 3.05) is 6.61 Å². The summed E-state index contributed by atoms with van der Waals surface area (Å²) in [6, 6.07) is 0. The Hall–Kier alpha value is -0.740. The molecule has 1 radical (unpaired) electrons. The smallest absolute Gasteiger partial charge is 0.218 e. The molecule has 1 aliphatic rings. The Morgan fingerprint density at radius 2 is 2.20 bits per heavy atom. The van der Waals surface area contributed by atoms with Crippen molar-refractivity contribution in [1.82, 2.24) is 0 Å². The molecule has 0 saturated carbocycles. The fourth-order valence-electron chi connectivity index (χ4n) is 1.04. The maximum atomic E-state index is 10.3. The lowest BCUT2D eigenvalue weighted by atomic mass is 10.0. The van der Waals surface area contributed by atoms with Crippen LogP contribution in [0.25, 0.3) is 0 Å². The topological polar surface area (TPSA) is 136 Å². The van der Waals surface area contributed by atoms with Gasteiger partial charge >= 0.3 is 0 Å². The summed E-state index contributed by atoms with van der Waals surface area (Å²) in [5.74, 6) is -1.57. The van der Waals surface area contributed by atoms with Gasteiger partial charge in [0.05, 0.1) is 18.7 Å². The van der Waals surface area contributed by atoms with Gasteiger partial charge in [-0.1, -0.05) is 0 Å². The number of carbonyl (C=O) groups is 1. The molecule has 87 valence electrons. The van der Waals surface area contributed by atoms with Crippen molar-refractivity contribution in [1.29, 1.82) is 0 Å². The minimum absolute atomic E-state index is 0.530. The van der Waals surface area contributed by atoms with Crippen LogP contribution in [0, 0.1) is 6.42 Å². The maximum absolute atomic E-state index is 10.3. The Balaban J connectivity index is 2.57. The summed E-state index contributed by atoms with van der Waals surface area (Å²) in [5, 5.41) is 19.5. The van der Waals surface area contributed by atoms with Crippen LogP contribution in [0.15, 0.2) is 0 Å². The zero-order valence-corrected chi connectivity index (χ0v) is 8.05. The first-order valence-corrected chi connectivity index (χ1v) is 5.12. The van der Waals surface area contributed by atoms with Crippen LogP contribution in [0.2, 0.25) is 0 Å². The van der Waals surface area contributed by atoms with Gasteiger partial charge in [-0.05, 0) is 0 Å². The van der Waals surface area contributed by atoms with Gasteiger partial charge < -0.3 is 24.3 Å². The second-order valence-electron chi connectivity index (χ2n) is 2.80. The Kier molecular flexibility index (Phi) is 3.62. The van der Waals surface area contributed by atoms with Crippen LogP contribution in [0.5, 0.6) is 0 Å². The third-order valence-electron chi connectivity index (χ3n) is 1.67. The Morgan fingerprint density at radius 1 is 1.60 bits per heavy atom. The van der Waals surface area contributed by atoms with Crippen LogP contribution >= 0.6 is 0 Å². The van der Waals surface area contributed by atoms with E-state index in [1.54, 1.807) is 0 Å². The lowest BCUT2D eigenvalue weighted by Gasteiger charge is -2.33. The zero-order chi connectivity index (χ0) is 11.6. The average molecular weight is 239 g/mol. The summed E-state index contributed by atoms with van der Waals surface area (Å²) in [4.78, 5) is 10.3. The molecule has 1 saturated heterocycles. The van der Waals surface area contributed by atoms with E-state index in [1.165, 1.54) is 0 Å². The number of carbonyl (C=O) groups excluding carboxylic acids is 1. The molecule has 0 aromatic carbocycles. The lowest BCUT2D eigenvalue weighted by Crippen LogP contribution is -2.50. The molecule has 0 bridgehead atoms. The van der Waals surface area contributed by atoms with E-state index in [0.717, 1.165) is 6.42 Å². The molecule has 1 N–H and O–H groups in total. The predicted molar refractivity (Wildman–Crippen MR) is 39.6 cm³/mol. The molecule has 0 aromatic rings. The molecular weight excluding hydrogens is 232 g/mol. The molecular formula is C6H7O8S-2. The fourth-order valence-corrected chi connectivity index (χ4v) is 1.51. The molecule has 1 fully saturated rings. The molecule has 0 amide bonds. The number of carboxylic acids is 1. The highest BCUT2D eigenvalue weighted by Gasteiger charge is 2.32. The summed E-state index contributed by atoms with van der Waals surface area (Å²) in [6.45, 7) is -0.530. The van der Waals surface area contributed by atoms with E-state index in [-0.39, 0.29) is 0 Å². The predicted octanol–water partition coefficient (Wildman–Crippen LogP) is -3.45. The van der Waals surface area contributed by atoms with Gasteiger partial charge in [0, 0.05) is 6.42 Å². The van der Waals surface area contributed by atoms with Crippen molar-refractivity contribution in [3.05, 3.63) is 6.42 Å². The fraction of sp³-hybridized carbons (Fsp3) is 0.667. The molecule has 0 aliphatic carbocycles. The third kappa shape index (κ3) is 3.72. The number of carboxylic acid groups (broad SMARTS) is 1. The van der Waals surface area contributed by atoms with Crippen molar-refractivity contribution in [3.8, 4) is 0 Å².